The number of rotatable bonds is 10. The van der Waals surface area contributed by atoms with E-state index in [0.29, 0.717) is 37.7 Å². The van der Waals surface area contributed by atoms with Gasteiger partial charge in [-0.25, -0.2) is 0 Å². The van der Waals surface area contributed by atoms with Crippen LogP contribution in [0.25, 0.3) is 0 Å². The molecule has 0 aromatic heterocycles. The lowest BCUT2D eigenvalue weighted by atomic mass is 10.2. The molecule has 0 aliphatic carbocycles. The number of benzene rings is 2. The molecular weight excluding hydrogens is 318 g/mol. The minimum atomic E-state index is -0.564. The van der Waals surface area contributed by atoms with E-state index in [0.717, 1.165) is 5.56 Å². The molecule has 5 nitrogen and oxygen atoms in total. The van der Waals surface area contributed by atoms with Crippen LogP contribution in [0.4, 0.5) is 0 Å². The maximum Gasteiger partial charge on any atom is 0.261 e. The van der Waals surface area contributed by atoms with Gasteiger partial charge in [0.1, 0.15) is 0 Å². The van der Waals surface area contributed by atoms with Crippen molar-refractivity contribution in [2.45, 2.75) is 26.1 Å². The predicted molar refractivity (Wildman–Crippen MR) is 96.8 cm³/mol. The summed E-state index contributed by atoms with van der Waals surface area (Å²) >= 11 is 0. The molecule has 134 valence electrons. The average molecular weight is 343 g/mol. The van der Waals surface area contributed by atoms with Crippen molar-refractivity contribution in [3.05, 3.63) is 60.2 Å². The third-order valence-corrected chi connectivity index (χ3v) is 3.66. The van der Waals surface area contributed by atoms with E-state index in [2.05, 4.69) is 5.32 Å². The number of methoxy groups -OCH3 is 1. The molecule has 0 bridgehead atoms. The monoisotopic (exact) mass is 343 g/mol. The average Bonchev–Trinajstić information content (AvgIpc) is 2.66. The molecule has 1 N–H and O–H groups in total. The number of hydrogen-bond acceptors (Lipinski definition) is 4. The van der Waals surface area contributed by atoms with Gasteiger partial charge in [-0.15, -0.1) is 0 Å². The summed E-state index contributed by atoms with van der Waals surface area (Å²) in [7, 11) is 1.58. The maximum atomic E-state index is 12.3. The molecule has 0 aliphatic rings. The van der Waals surface area contributed by atoms with Crippen LogP contribution in [0, 0.1) is 0 Å². The van der Waals surface area contributed by atoms with Gasteiger partial charge in [0.05, 0.1) is 20.3 Å². The van der Waals surface area contributed by atoms with Crippen LogP contribution in [0.1, 0.15) is 18.9 Å². The molecule has 5 heteroatoms. The Morgan fingerprint density at radius 3 is 2.40 bits per heavy atom. The number of nitrogens with one attached hydrogen (secondary N) is 1. The molecule has 25 heavy (non-hydrogen) atoms. The van der Waals surface area contributed by atoms with Gasteiger partial charge in [-0.1, -0.05) is 49.4 Å². The summed E-state index contributed by atoms with van der Waals surface area (Å²) in [6, 6.07) is 17.2. The lowest BCUT2D eigenvalue weighted by Crippen LogP contribution is -2.39. The number of carbonyl (C=O) groups excluding carboxylic acids is 1. The Bertz CT molecular complexity index is 645. The Morgan fingerprint density at radius 2 is 1.72 bits per heavy atom. The lowest BCUT2D eigenvalue weighted by Gasteiger charge is -2.18. The van der Waals surface area contributed by atoms with Crippen LogP contribution in [-0.2, 0) is 16.1 Å². The van der Waals surface area contributed by atoms with Crippen molar-refractivity contribution >= 4 is 5.91 Å². The molecule has 0 fully saturated rings. The van der Waals surface area contributed by atoms with E-state index in [9.17, 15) is 4.79 Å². The first-order valence-electron chi connectivity index (χ1n) is 8.43. The first-order valence-corrected chi connectivity index (χ1v) is 8.43. The van der Waals surface area contributed by atoms with Crippen LogP contribution in [0.15, 0.2) is 54.6 Å². The fourth-order valence-electron chi connectivity index (χ4n) is 2.32. The summed E-state index contributed by atoms with van der Waals surface area (Å²) in [5, 5.41) is 2.85. The van der Waals surface area contributed by atoms with E-state index in [1.165, 1.54) is 0 Å². The Kier molecular flexibility index (Phi) is 7.79. The summed E-state index contributed by atoms with van der Waals surface area (Å²) in [5.41, 5.74) is 1.11. The highest BCUT2D eigenvalue weighted by Gasteiger charge is 2.19. The van der Waals surface area contributed by atoms with Gasteiger partial charge in [0.15, 0.2) is 17.6 Å². The second kappa shape index (κ2) is 10.4. The van der Waals surface area contributed by atoms with Gasteiger partial charge < -0.3 is 19.5 Å². The zero-order chi connectivity index (χ0) is 17.9. The SMILES string of the molecule is CCC(Oc1ccccc1OC)C(=O)NCCOCc1ccccc1. The van der Waals surface area contributed by atoms with E-state index in [-0.39, 0.29) is 5.91 Å². The normalized spacial score (nSPS) is 11.6. The van der Waals surface area contributed by atoms with Crippen molar-refractivity contribution in [3.8, 4) is 11.5 Å². The Morgan fingerprint density at radius 1 is 1.04 bits per heavy atom. The van der Waals surface area contributed by atoms with Crippen LogP contribution in [0.3, 0.4) is 0 Å². The molecule has 1 unspecified atom stereocenters. The number of ether oxygens (including phenoxy) is 3. The molecule has 0 aliphatic heterocycles. The van der Waals surface area contributed by atoms with Crippen molar-refractivity contribution in [2.24, 2.45) is 0 Å². The standard InChI is InChI=1S/C20H25NO4/c1-3-17(25-19-12-8-7-11-18(19)23-2)20(22)21-13-14-24-15-16-9-5-4-6-10-16/h4-12,17H,3,13-15H2,1-2H3,(H,21,22). The first kappa shape index (κ1) is 18.8. The minimum absolute atomic E-state index is 0.156. The Labute approximate surface area is 148 Å². The third-order valence-electron chi connectivity index (χ3n) is 3.66. The van der Waals surface area contributed by atoms with Crippen molar-refractivity contribution in [1.29, 1.82) is 0 Å². The summed E-state index contributed by atoms with van der Waals surface area (Å²) in [6.07, 6.45) is -0.000182. The second-order valence-corrected chi connectivity index (χ2v) is 5.49. The van der Waals surface area contributed by atoms with Gasteiger partial charge in [0.2, 0.25) is 0 Å². The third kappa shape index (κ3) is 6.12. The van der Waals surface area contributed by atoms with E-state index in [1.54, 1.807) is 19.2 Å². The fraction of sp³-hybridized carbons (Fsp3) is 0.350. The highest BCUT2D eigenvalue weighted by molar-refractivity contribution is 5.81. The van der Waals surface area contributed by atoms with E-state index >= 15 is 0 Å². The number of amides is 1. The van der Waals surface area contributed by atoms with E-state index < -0.39 is 6.10 Å². The van der Waals surface area contributed by atoms with Crippen molar-refractivity contribution in [3.63, 3.8) is 0 Å². The number of para-hydroxylation sites is 2. The molecule has 0 heterocycles. The fourth-order valence-corrected chi connectivity index (χ4v) is 2.32. The van der Waals surface area contributed by atoms with Crippen molar-refractivity contribution in [2.75, 3.05) is 20.3 Å². The van der Waals surface area contributed by atoms with Crippen molar-refractivity contribution in [1.82, 2.24) is 5.32 Å². The van der Waals surface area contributed by atoms with Gasteiger partial charge in [-0.3, -0.25) is 4.79 Å². The summed E-state index contributed by atoms with van der Waals surface area (Å²) in [6.45, 7) is 3.33. The summed E-state index contributed by atoms with van der Waals surface area (Å²) < 4.78 is 16.6. The molecule has 2 rings (SSSR count). The molecule has 2 aromatic carbocycles. The van der Waals surface area contributed by atoms with Crippen LogP contribution in [0.2, 0.25) is 0 Å². The Hall–Kier alpha value is -2.53. The smallest absolute Gasteiger partial charge is 0.261 e. The van der Waals surface area contributed by atoms with E-state index in [1.807, 2.05) is 49.4 Å². The number of hydrogen-bond donors (Lipinski definition) is 1. The van der Waals surface area contributed by atoms with Gasteiger partial charge in [0, 0.05) is 6.54 Å². The molecular formula is C20H25NO4. The molecule has 0 radical (unpaired) electrons. The highest BCUT2D eigenvalue weighted by atomic mass is 16.5. The molecule has 0 saturated heterocycles. The minimum Gasteiger partial charge on any atom is -0.493 e. The summed E-state index contributed by atoms with van der Waals surface area (Å²) in [5.74, 6) is 1.02. The van der Waals surface area contributed by atoms with Crippen LogP contribution < -0.4 is 14.8 Å². The van der Waals surface area contributed by atoms with Gasteiger partial charge in [-0.05, 0) is 24.1 Å². The quantitative estimate of drug-likeness (QED) is 0.673. The zero-order valence-corrected chi connectivity index (χ0v) is 14.7. The molecule has 1 amide bonds. The van der Waals surface area contributed by atoms with Gasteiger partial charge in [0.25, 0.3) is 5.91 Å². The van der Waals surface area contributed by atoms with Gasteiger partial charge >= 0.3 is 0 Å². The van der Waals surface area contributed by atoms with Crippen LogP contribution in [-0.4, -0.2) is 32.3 Å². The molecule has 1 atom stereocenters. The highest BCUT2D eigenvalue weighted by Crippen LogP contribution is 2.27. The van der Waals surface area contributed by atoms with Gasteiger partial charge in [-0.2, -0.15) is 0 Å². The molecule has 0 spiro atoms. The van der Waals surface area contributed by atoms with Crippen molar-refractivity contribution < 1.29 is 19.0 Å². The Balaban J connectivity index is 1.74. The van der Waals surface area contributed by atoms with Crippen LogP contribution >= 0.6 is 0 Å². The predicted octanol–water partition coefficient (Wildman–Crippen LogP) is 3.19. The summed E-state index contributed by atoms with van der Waals surface area (Å²) in [4.78, 5) is 12.3. The topological polar surface area (TPSA) is 56.8 Å². The molecule has 0 saturated carbocycles. The van der Waals surface area contributed by atoms with E-state index in [4.69, 9.17) is 14.2 Å². The number of carbonyl (C=O) groups is 1. The lowest BCUT2D eigenvalue weighted by molar-refractivity contribution is -0.128. The zero-order valence-electron chi connectivity index (χ0n) is 14.7. The van der Waals surface area contributed by atoms with Crippen LogP contribution in [0.5, 0.6) is 11.5 Å². The second-order valence-electron chi connectivity index (χ2n) is 5.49. The molecule has 2 aromatic rings. The largest absolute Gasteiger partial charge is 0.493 e. The first-order chi connectivity index (χ1) is 12.2. The maximum absolute atomic E-state index is 12.3.